The maximum absolute atomic E-state index is 5.91. The summed E-state index contributed by atoms with van der Waals surface area (Å²) in [5.41, 5.74) is 3.18. The van der Waals surface area contributed by atoms with E-state index in [1.54, 1.807) is 0 Å². The highest BCUT2D eigenvalue weighted by Crippen LogP contribution is 2.30. The van der Waals surface area contributed by atoms with Crippen LogP contribution in [0.2, 0.25) is 0 Å². The van der Waals surface area contributed by atoms with Crippen LogP contribution in [-0.4, -0.2) is 12.4 Å². The molecular formula is C20H23ClN2O. The van der Waals surface area contributed by atoms with Gasteiger partial charge in [0.15, 0.2) is 0 Å². The molecule has 0 amide bonds. The van der Waals surface area contributed by atoms with E-state index < -0.39 is 0 Å². The van der Waals surface area contributed by atoms with Crippen LogP contribution < -0.4 is 5.32 Å². The zero-order valence-electron chi connectivity index (χ0n) is 13.9. The predicted molar refractivity (Wildman–Crippen MR) is 103 cm³/mol. The highest BCUT2D eigenvalue weighted by atomic mass is 35.5. The fourth-order valence-electron chi connectivity index (χ4n) is 3.34. The number of furan rings is 1. The molecule has 1 aliphatic rings. The number of aliphatic imine (C=N–C) groups is 1. The van der Waals surface area contributed by atoms with Gasteiger partial charge in [-0.25, -0.2) is 0 Å². The molecule has 0 aliphatic carbocycles. The van der Waals surface area contributed by atoms with Crippen molar-refractivity contribution >= 4 is 40.2 Å². The van der Waals surface area contributed by atoms with Crippen LogP contribution in [0.25, 0.3) is 21.9 Å². The third-order valence-electron chi connectivity index (χ3n) is 4.66. The second-order valence-electron chi connectivity index (χ2n) is 6.36. The van der Waals surface area contributed by atoms with Gasteiger partial charge in [-0.1, -0.05) is 30.7 Å². The Balaban J connectivity index is 0.00000169. The Morgan fingerprint density at radius 1 is 1.00 bits per heavy atom. The summed E-state index contributed by atoms with van der Waals surface area (Å²) in [5, 5.41) is 5.97. The summed E-state index contributed by atoms with van der Waals surface area (Å²) in [5.74, 6) is 1.16. The molecule has 1 atom stereocenters. The summed E-state index contributed by atoms with van der Waals surface area (Å²) in [6.07, 6.45) is 4.81. The molecule has 2 aromatic carbocycles. The highest BCUT2D eigenvalue weighted by Gasteiger charge is 2.12. The molecule has 1 unspecified atom stereocenters. The second-order valence-corrected chi connectivity index (χ2v) is 6.36. The Morgan fingerprint density at radius 3 is 2.75 bits per heavy atom. The Morgan fingerprint density at radius 2 is 1.83 bits per heavy atom. The van der Waals surface area contributed by atoms with Gasteiger partial charge < -0.3 is 9.73 Å². The number of hydrogen-bond acceptors (Lipinski definition) is 3. The number of halogens is 1. The predicted octanol–water partition coefficient (Wildman–Crippen LogP) is 5.63. The lowest BCUT2D eigenvalue weighted by Gasteiger charge is -2.17. The molecule has 3 aromatic rings. The standard InChI is InChI=1S/C20H22N2O.ClH/c1-14(22-20-9-3-2-6-12-21-20)15-10-11-19-17(13-15)16-7-4-5-8-18(16)23-19;/h4-5,7-8,10-11,13-14H,2-3,6,9,12H2,1H3,(H,21,22);1H. The summed E-state index contributed by atoms with van der Waals surface area (Å²) >= 11 is 0. The molecule has 0 radical (unpaired) electrons. The summed E-state index contributed by atoms with van der Waals surface area (Å²) in [6.45, 7) is 3.16. The van der Waals surface area contributed by atoms with Gasteiger partial charge in [-0.05, 0) is 43.5 Å². The maximum atomic E-state index is 5.91. The van der Waals surface area contributed by atoms with Crippen molar-refractivity contribution in [1.29, 1.82) is 0 Å². The number of amidine groups is 1. The van der Waals surface area contributed by atoms with Gasteiger partial charge in [0.1, 0.15) is 11.2 Å². The fraction of sp³-hybridized carbons (Fsp3) is 0.350. The minimum Gasteiger partial charge on any atom is -0.456 e. The van der Waals surface area contributed by atoms with Crippen LogP contribution in [0, 0.1) is 0 Å². The van der Waals surface area contributed by atoms with Crippen LogP contribution in [0.15, 0.2) is 51.9 Å². The van der Waals surface area contributed by atoms with Crippen LogP contribution in [0.5, 0.6) is 0 Å². The van der Waals surface area contributed by atoms with Crippen molar-refractivity contribution in [2.75, 3.05) is 6.54 Å². The van der Waals surface area contributed by atoms with Gasteiger partial charge >= 0.3 is 0 Å². The fourth-order valence-corrected chi connectivity index (χ4v) is 3.34. The number of para-hydroxylation sites is 1. The molecular weight excluding hydrogens is 320 g/mol. The Hall–Kier alpha value is -2.00. The minimum atomic E-state index is 0. The number of fused-ring (bicyclic) bond motifs is 3. The maximum Gasteiger partial charge on any atom is 0.135 e. The molecule has 126 valence electrons. The van der Waals surface area contributed by atoms with Crippen LogP contribution in [0.3, 0.4) is 0 Å². The summed E-state index contributed by atoms with van der Waals surface area (Å²) in [7, 11) is 0. The molecule has 3 nitrogen and oxygen atoms in total. The van der Waals surface area contributed by atoms with E-state index in [0.717, 1.165) is 30.0 Å². The van der Waals surface area contributed by atoms with E-state index in [9.17, 15) is 0 Å². The molecule has 1 aliphatic heterocycles. The average Bonchev–Trinajstić information content (AvgIpc) is 2.74. The topological polar surface area (TPSA) is 37.5 Å². The first-order chi connectivity index (χ1) is 11.3. The van der Waals surface area contributed by atoms with Crippen LogP contribution in [0.4, 0.5) is 0 Å². The van der Waals surface area contributed by atoms with Gasteiger partial charge in [-0.15, -0.1) is 12.4 Å². The van der Waals surface area contributed by atoms with Gasteiger partial charge in [-0.3, -0.25) is 4.99 Å². The third-order valence-corrected chi connectivity index (χ3v) is 4.66. The van der Waals surface area contributed by atoms with E-state index in [-0.39, 0.29) is 18.4 Å². The number of rotatable bonds is 2. The van der Waals surface area contributed by atoms with Gasteiger partial charge in [0, 0.05) is 29.8 Å². The zero-order valence-corrected chi connectivity index (χ0v) is 14.7. The van der Waals surface area contributed by atoms with E-state index in [1.807, 2.05) is 12.1 Å². The Labute approximate surface area is 148 Å². The van der Waals surface area contributed by atoms with Crippen molar-refractivity contribution in [3.63, 3.8) is 0 Å². The molecule has 4 rings (SSSR count). The molecule has 0 bridgehead atoms. The number of hydrogen-bond donors (Lipinski definition) is 1. The summed E-state index contributed by atoms with van der Waals surface area (Å²) < 4.78 is 5.91. The average molecular weight is 343 g/mol. The van der Waals surface area contributed by atoms with Gasteiger partial charge in [0.05, 0.1) is 5.84 Å². The lowest BCUT2D eigenvalue weighted by molar-refractivity contribution is 0.667. The summed E-state index contributed by atoms with van der Waals surface area (Å²) in [6, 6.07) is 15.0. The molecule has 1 N–H and O–H groups in total. The van der Waals surface area contributed by atoms with Crippen LogP contribution >= 0.6 is 12.4 Å². The Kier molecular flexibility index (Phi) is 5.10. The molecule has 0 fully saturated rings. The van der Waals surface area contributed by atoms with Crippen molar-refractivity contribution in [2.24, 2.45) is 4.99 Å². The van der Waals surface area contributed by atoms with E-state index in [0.29, 0.717) is 0 Å². The Bertz CT molecular complexity index is 868. The number of nitrogens with one attached hydrogen (secondary N) is 1. The first-order valence-electron chi connectivity index (χ1n) is 8.52. The van der Waals surface area contributed by atoms with E-state index in [4.69, 9.17) is 4.42 Å². The van der Waals surface area contributed by atoms with Gasteiger partial charge in [0.2, 0.25) is 0 Å². The van der Waals surface area contributed by atoms with Crippen molar-refractivity contribution < 1.29 is 4.42 Å². The molecule has 2 heterocycles. The van der Waals surface area contributed by atoms with Crippen molar-refractivity contribution in [2.45, 2.75) is 38.6 Å². The number of nitrogens with zero attached hydrogens (tertiary/aromatic N) is 1. The first-order valence-corrected chi connectivity index (χ1v) is 8.52. The second kappa shape index (κ2) is 7.27. The molecule has 4 heteroatoms. The lowest BCUT2D eigenvalue weighted by Crippen LogP contribution is -2.26. The normalized spacial score (nSPS) is 16.3. The molecule has 0 saturated heterocycles. The first kappa shape index (κ1) is 16.8. The lowest BCUT2D eigenvalue weighted by atomic mass is 10.0. The molecule has 0 saturated carbocycles. The SMILES string of the molecule is CC(NC1=NCCCCC1)c1ccc2oc3ccccc3c2c1.Cl. The minimum absolute atomic E-state index is 0. The molecule has 0 spiro atoms. The monoisotopic (exact) mass is 342 g/mol. The zero-order chi connectivity index (χ0) is 15.6. The van der Waals surface area contributed by atoms with Crippen LogP contribution in [0.1, 0.15) is 44.2 Å². The summed E-state index contributed by atoms with van der Waals surface area (Å²) in [4.78, 5) is 4.68. The van der Waals surface area contributed by atoms with Gasteiger partial charge in [0.25, 0.3) is 0 Å². The van der Waals surface area contributed by atoms with Crippen molar-refractivity contribution in [3.8, 4) is 0 Å². The quantitative estimate of drug-likeness (QED) is 0.655. The van der Waals surface area contributed by atoms with E-state index in [1.165, 1.54) is 35.6 Å². The van der Waals surface area contributed by atoms with Crippen LogP contribution in [-0.2, 0) is 0 Å². The van der Waals surface area contributed by atoms with E-state index >= 15 is 0 Å². The number of benzene rings is 2. The smallest absolute Gasteiger partial charge is 0.135 e. The molecule has 24 heavy (non-hydrogen) atoms. The van der Waals surface area contributed by atoms with Crippen molar-refractivity contribution in [1.82, 2.24) is 5.32 Å². The third kappa shape index (κ3) is 3.27. The van der Waals surface area contributed by atoms with Crippen molar-refractivity contribution in [3.05, 3.63) is 48.0 Å². The largest absolute Gasteiger partial charge is 0.456 e. The van der Waals surface area contributed by atoms with Gasteiger partial charge in [-0.2, -0.15) is 0 Å². The molecule has 1 aromatic heterocycles. The highest BCUT2D eigenvalue weighted by molar-refractivity contribution is 6.05. The van der Waals surface area contributed by atoms with E-state index in [2.05, 4.69) is 47.6 Å².